The van der Waals surface area contributed by atoms with E-state index in [1.165, 1.54) is 0 Å². The lowest BCUT2D eigenvalue weighted by atomic mass is 9.92. The summed E-state index contributed by atoms with van der Waals surface area (Å²) < 4.78 is 0. The van der Waals surface area contributed by atoms with Gasteiger partial charge in [-0.3, -0.25) is 4.98 Å². The van der Waals surface area contributed by atoms with Crippen molar-refractivity contribution in [2.24, 2.45) is 5.41 Å². The Morgan fingerprint density at radius 1 is 1.07 bits per heavy atom. The molecule has 2 rings (SSSR count). The molecule has 0 fully saturated rings. The van der Waals surface area contributed by atoms with Gasteiger partial charge >= 0.3 is 0 Å². The van der Waals surface area contributed by atoms with Crippen molar-refractivity contribution in [2.75, 3.05) is 4.90 Å². The van der Waals surface area contributed by atoms with E-state index in [1.807, 2.05) is 12.1 Å². The predicted octanol–water partition coefficient (Wildman–Crippen LogP) is 2.96. The van der Waals surface area contributed by atoms with Gasteiger partial charge in [0.2, 0.25) is 0 Å². The molecule has 1 aromatic heterocycles. The van der Waals surface area contributed by atoms with E-state index < -0.39 is 0 Å². The summed E-state index contributed by atoms with van der Waals surface area (Å²) in [7, 11) is 0. The van der Waals surface area contributed by atoms with Crippen LogP contribution in [0.25, 0.3) is 0 Å². The van der Waals surface area contributed by atoms with Crippen LogP contribution in [0.4, 0.5) is 5.69 Å². The molecular weight excluding hydrogens is 172 g/mol. The minimum atomic E-state index is 0.170. The summed E-state index contributed by atoms with van der Waals surface area (Å²) in [6.45, 7) is 4.37. The van der Waals surface area contributed by atoms with Gasteiger partial charge in [0.15, 0.2) is 0 Å². The van der Waals surface area contributed by atoms with Crippen LogP contribution in [0, 0.1) is 5.41 Å². The summed E-state index contributed by atoms with van der Waals surface area (Å²) in [5.74, 6) is 0. The number of hydrogen-bond donors (Lipinski definition) is 0. The van der Waals surface area contributed by atoms with E-state index in [9.17, 15) is 0 Å². The first kappa shape index (κ1) is 9.00. The quantitative estimate of drug-likeness (QED) is 0.670. The molecule has 0 saturated carbocycles. The van der Waals surface area contributed by atoms with Crippen LogP contribution >= 0.6 is 0 Å². The fraction of sp³-hybridized carbons (Fsp3) is 0.250. The molecule has 72 valence electrons. The Kier molecular flexibility index (Phi) is 2.12. The van der Waals surface area contributed by atoms with E-state index in [0.29, 0.717) is 0 Å². The molecule has 2 nitrogen and oxygen atoms in total. The summed E-state index contributed by atoms with van der Waals surface area (Å²) in [5, 5.41) is 0. The summed E-state index contributed by atoms with van der Waals surface area (Å²) in [6, 6.07) is 3.99. The second-order valence-corrected chi connectivity index (χ2v) is 4.07. The van der Waals surface area contributed by atoms with Gasteiger partial charge in [-0.1, -0.05) is 26.0 Å². The van der Waals surface area contributed by atoms with Crippen LogP contribution in [-0.4, -0.2) is 4.98 Å². The lowest BCUT2D eigenvalue weighted by Crippen LogP contribution is -2.16. The highest BCUT2D eigenvalue weighted by atomic mass is 15.1. The summed E-state index contributed by atoms with van der Waals surface area (Å²) in [6.07, 6.45) is 12.2. The lowest BCUT2D eigenvalue weighted by molar-refractivity contribution is 0.614. The second kappa shape index (κ2) is 3.29. The molecule has 0 aliphatic carbocycles. The molecule has 1 aliphatic heterocycles. The van der Waals surface area contributed by atoms with Gasteiger partial charge in [-0.25, -0.2) is 0 Å². The highest BCUT2D eigenvalue weighted by Crippen LogP contribution is 2.26. The Bertz CT molecular complexity index is 347. The Labute approximate surface area is 84.6 Å². The molecule has 0 aromatic carbocycles. The average Bonchev–Trinajstić information content (AvgIpc) is 2.19. The zero-order chi connectivity index (χ0) is 10.0. The summed E-state index contributed by atoms with van der Waals surface area (Å²) in [4.78, 5) is 6.08. The van der Waals surface area contributed by atoms with Crippen molar-refractivity contribution in [2.45, 2.75) is 13.8 Å². The Hall–Kier alpha value is -1.57. The van der Waals surface area contributed by atoms with Gasteiger partial charge in [-0.05, 0) is 12.1 Å². The van der Waals surface area contributed by atoms with Gasteiger partial charge in [0.25, 0.3) is 0 Å². The Morgan fingerprint density at radius 3 is 2.21 bits per heavy atom. The normalized spacial score (nSPS) is 18.6. The van der Waals surface area contributed by atoms with Gasteiger partial charge in [0.1, 0.15) is 0 Å². The van der Waals surface area contributed by atoms with E-state index in [0.717, 1.165) is 5.69 Å². The molecule has 14 heavy (non-hydrogen) atoms. The molecule has 0 spiro atoms. The van der Waals surface area contributed by atoms with Crippen LogP contribution < -0.4 is 4.90 Å². The zero-order valence-corrected chi connectivity index (χ0v) is 8.51. The first-order valence-corrected chi connectivity index (χ1v) is 4.74. The average molecular weight is 186 g/mol. The van der Waals surface area contributed by atoms with Crippen LogP contribution in [0.5, 0.6) is 0 Å². The fourth-order valence-electron chi connectivity index (χ4n) is 1.34. The van der Waals surface area contributed by atoms with Gasteiger partial charge in [-0.2, -0.15) is 0 Å². The van der Waals surface area contributed by atoms with Gasteiger partial charge in [-0.15, -0.1) is 0 Å². The molecule has 1 aliphatic rings. The first-order chi connectivity index (χ1) is 6.67. The number of rotatable bonds is 1. The maximum absolute atomic E-state index is 3.99. The van der Waals surface area contributed by atoms with Crippen molar-refractivity contribution < 1.29 is 0 Å². The minimum Gasteiger partial charge on any atom is -0.324 e. The molecule has 2 heteroatoms. The van der Waals surface area contributed by atoms with E-state index in [-0.39, 0.29) is 5.41 Å². The molecule has 0 N–H and O–H groups in total. The molecule has 2 heterocycles. The Morgan fingerprint density at radius 2 is 1.64 bits per heavy atom. The van der Waals surface area contributed by atoms with E-state index in [2.05, 4.69) is 48.3 Å². The maximum Gasteiger partial charge on any atom is 0.0479 e. The number of aromatic nitrogens is 1. The molecule has 0 atom stereocenters. The largest absolute Gasteiger partial charge is 0.324 e. The van der Waals surface area contributed by atoms with Crippen LogP contribution in [0.15, 0.2) is 49.1 Å². The van der Waals surface area contributed by atoms with Gasteiger partial charge in [0, 0.05) is 35.9 Å². The topological polar surface area (TPSA) is 16.1 Å². The molecule has 0 unspecified atom stereocenters. The third-order valence-electron chi connectivity index (χ3n) is 2.29. The van der Waals surface area contributed by atoms with E-state index in [1.54, 1.807) is 12.4 Å². The lowest BCUT2D eigenvalue weighted by Gasteiger charge is -2.25. The zero-order valence-electron chi connectivity index (χ0n) is 8.51. The number of allylic oxidation sites excluding steroid dienone is 2. The number of anilines is 1. The van der Waals surface area contributed by atoms with Gasteiger partial charge in [0.05, 0.1) is 0 Å². The van der Waals surface area contributed by atoms with Crippen molar-refractivity contribution in [3.63, 3.8) is 0 Å². The molecule has 0 radical (unpaired) electrons. The molecule has 0 bridgehead atoms. The highest BCUT2D eigenvalue weighted by molar-refractivity contribution is 5.52. The van der Waals surface area contributed by atoms with Crippen molar-refractivity contribution in [1.29, 1.82) is 0 Å². The molecule has 1 aromatic rings. The van der Waals surface area contributed by atoms with Crippen molar-refractivity contribution in [1.82, 2.24) is 4.98 Å². The van der Waals surface area contributed by atoms with Crippen molar-refractivity contribution in [3.8, 4) is 0 Å². The van der Waals surface area contributed by atoms with Gasteiger partial charge < -0.3 is 4.90 Å². The molecular formula is C12H14N2. The predicted molar refractivity (Wildman–Crippen MR) is 58.8 cm³/mol. The number of pyridine rings is 1. The van der Waals surface area contributed by atoms with Crippen LogP contribution in [0.2, 0.25) is 0 Å². The van der Waals surface area contributed by atoms with Crippen LogP contribution in [0.3, 0.4) is 0 Å². The van der Waals surface area contributed by atoms with Crippen LogP contribution in [-0.2, 0) is 0 Å². The summed E-state index contributed by atoms with van der Waals surface area (Å²) >= 11 is 0. The molecule has 0 saturated heterocycles. The third-order valence-corrected chi connectivity index (χ3v) is 2.29. The minimum absolute atomic E-state index is 0.170. The first-order valence-electron chi connectivity index (χ1n) is 4.74. The van der Waals surface area contributed by atoms with E-state index in [4.69, 9.17) is 0 Å². The SMILES string of the molecule is CC1(C)C=CN(c2ccncc2)C=C1. The van der Waals surface area contributed by atoms with Crippen molar-refractivity contribution in [3.05, 3.63) is 49.1 Å². The standard InChI is InChI=1S/C12H14N2/c1-12(2)5-9-14(10-6-12)11-3-7-13-8-4-11/h3-10H,1-2H3. The van der Waals surface area contributed by atoms with Crippen LogP contribution in [0.1, 0.15) is 13.8 Å². The maximum atomic E-state index is 3.99. The number of hydrogen-bond acceptors (Lipinski definition) is 2. The smallest absolute Gasteiger partial charge is 0.0479 e. The second-order valence-electron chi connectivity index (χ2n) is 4.07. The summed E-state index contributed by atoms with van der Waals surface area (Å²) in [5.41, 5.74) is 1.31. The Balaban J connectivity index is 2.22. The molecule has 0 amide bonds. The fourth-order valence-corrected chi connectivity index (χ4v) is 1.34. The third kappa shape index (κ3) is 1.84. The monoisotopic (exact) mass is 186 g/mol. The number of nitrogens with zero attached hydrogens (tertiary/aromatic N) is 2. The van der Waals surface area contributed by atoms with E-state index >= 15 is 0 Å². The highest BCUT2D eigenvalue weighted by Gasteiger charge is 2.14. The van der Waals surface area contributed by atoms with Crippen molar-refractivity contribution >= 4 is 5.69 Å².